The van der Waals surface area contributed by atoms with Crippen LogP contribution in [0, 0.1) is 5.92 Å². The van der Waals surface area contributed by atoms with E-state index in [-0.39, 0.29) is 12.5 Å². The van der Waals surface area contributed by atoms with E-state index in [4.69, 9.17) is 10.8 Å². The lowest BCUT2D eigenvalue weighted by molar-refractivity contribution is -0.141. The van der Waals surface area contributed by atoms with Crippen molar-refractivity contribution in [2.45, 2.75) is 13.3 Å². The highest BCUT2D eigenvalue weighted by Gasteiger charge is 2.16. The fourth-order valence-corrected chi connectivity index (χ4v) is 1.40. The highest BCUT2D eigenvalue weighted by molar-refractivity contribution is 5.95. The molecule has 92 valence electrons. The second kappa shape index (κ2) is 5.89. The first kappa shape index (κ1) is 13.0. The van der Waals surface area contributed by atoms with Gasteiger partial charge in [0.05, 0.1) is 5.92 Å². The molecule has 0 bridgehead atoms. The van der Waals surface area contributed by atoms with Gasteiger partial charge in [-0.2, -0.15) is 0 Å². The maximum atomic E-state index is 11.7. The Bertz CT molecular complexity index is 418. The fraction of sp³-hybridized carbons (Fsp3) is 0.333. The monoisotopic (exact) mass is 236 g/mol. The Morgan fingerprint density at radius 3 is 2.71 bits per heavy atom. The van der Waals surface area contributed by atoms with Gasteiger partial charge in [0.15, 0.2) is 0 Å². The lowest BCUT2D eigenvalue weighted by atomic mass is 10.1. The van der Waals surface area contributed by atoms with Crippen molar-refractivity contribution in [1.29, 1.82) is 0 Å². The number of nitrogens with one attached hydrogen (secondary N) is 1. The second-order valence-electron chi connectivity index (χ2n) is 3.78. The van der Waals surface area contributed by atoms with E-state index in [9.17, 15) is 9.59 Å². The topological polar surface area (TPSA) is 92.4 Å². The summed E-state index contributed by atoms with van der Waals surface area (Å²) in [5, 5.41) is 11.4. The number of hydrogen-bond acceptors (Lipinski definition) is 3. The highest BCUT2D eigenvalue weighted by atomic mass is 16.4. The van der Waals surface area contributed by atoms with Crippen LogP contribution in [0.4, 0.5) is 5.69 Å². The SMILES string of the molecule is CCC(CNC(=O)c1cccc(N)c1)C(=O)O. The third-order valence-corrected chi connectivity index (χ3v) is 2.50. The standard InChI is InChI=1S/C12H16N2O3/c1-2-8(12(16)17)7-14-11(15)9-4-3-5-10(13)6-9/h3-6,8H,2,7,13H2,1H3,(H,14,15)(H,16,17). The van der Waals surface area contributed by atoms with Crippen LogP contribution in [0.3, 0.4) is 0 Å². The van der Waals surface area contributed by atoms with E-state index >= 15 is 0 Å². The summed E-state index contributed by atoms with van der Waals surface area (Å²) < 4.78 is 0. The van der Waals surface area contributed by atoms with E-state index in [0.29, 0.717) is 17.7 Å². The van der Waals surface area contributed by atoms with Crippen LogP contribution in [0.5, 0.6) is 0 Å². The summed E-state index contributed by atoms with van der Waals surface area (Å²) in [4.78, 5) is 22.4. The molecule has 0 radical (unpaired) electrons. The number of aliphatic carboxylic acids is 1. The number of carbonyl (C=O) groups excluding carboxylic acids is 1. The van der Waals surface area contributed by atoms with Gasteiger partial charge in [-0.3, -0.25) is 9.59 Å². The Labute approximate surface area is 99.6 Å². The van der Waals surface area contributed by atoms with Crippen molar-refractivity contribution in [2.75, 3.05) is 12.3 Å². The van der Waals surface area contributed by atoms with E-state index in [1.165, 1.54) is 0 Å². The molecule has 1 amide bonds. The maximum absolute atomic E-state index is 11.7. The molecule has 0 aromatic heterocycles. The normalized spacial score (nSPS) is 11.8. The van der Waals surface area contributed by atoms with Gasteiger partial charge in [0.1, 0.15) is 0 Å². The summed E-state index contributed by atoms with van der Waals surface area (Å²) in [5.74, 6) is -1.77. The molecular weight excluding hydrogens is 220 g/mol. The zero-order valence-corrected chi connectivity index (χ0v) is 9.64. The molecule has 0 aliphatic heterocycles. The molecule has 0 saturated heterocycles. The van der Waals surface area contributed by atoms with Crippen LogP contribution in [0.1, 0.15) is 23.7 Å². The third kappa shape index (κ3) is 3.79. The molecule has 1 rings (SSSR count). The summed E-state index contributed by atoms with van der Waals surface area (Å²) in [5.41, 5.74) is 6.49. The molecule has 4 N–H and O–H groups in total. The molecule has 1 aromatic carbocycles. The zero-order chi connectivity index (χ0) is 12.8. The Hall–Kier alpha value is -2.04. The van der Waals surface area contributed by atoms with E-state index in [1.807, 2.05) is 0 Å². The molecule has 1 atom stereocenters. The van der Waals surface area contributed by atoms with Crippen molar-refractivity contribution in [3.8, 4) is 0 Å². The van der Waals surface area contributed by atoms with Crippen LogP contribution in [0.2, 0.25) is 0 Å². The number of carbonyl (C=O) groups is 2. The molecule has 1 unspecified atom stereocenters. The predicted molar refractivity (Wildman–Crippen MR) is 64.6 cm³/mol. The van der Waals surface area contributed by atoms with Crippen LogP contribution in [0.25, 0.3) is 0 Å². The van der Waals surface area contributed by atoms with Gasteiger partial charge in [0, 0.05) is 17.8 Å². The van der Waals surface area contributed by atoms with Crippen molar-refractivity contribution in [3.05, 3.63) is 29.8 Å². The van der Waals surface area contributed by atoms with E-state index in [1.54, 1.807) is 31.2 Å². The lowest BCUT2D eigenvalue weighted by Crippen LogP contribution is -2.32. The fourth-order valence-electron chi connectivity index (χ4n) is 1.40. The molecule has 0 aliphatic carbocycles. The largest absolute Gasteiger partial charge is 0.481 e. The molecule has 0 spiro atoms. The predicted octanol–water partition coefficient (Wildman–Crippen LogP) is 1.11. The highest BCUT2D eigenvalue weighted by Crippen LogP contribution is 2.07. The number of benzene rings is 1. The molecule has 0 aliphatic rings. The summed E-state index contributed by atoms with van der Waals surface area (Å²) in [6, 6.07) is 6.55. The zero-order valence-electron chi connectivity index (χ0n) is 9.64. The first-order valence-electron chi connectivity index (χ1n) is 5.41. The number of nitrogens with two attached hydrogens (primary N) is 1. The lowest BCUT2D eigenvalue weighted by Gasteiger charge is -2.11. The number of nitrogen functional groups attached to an aromatic ring is 1. The number of hydrogen-bond donors (Lipinski definition) is 3. The first-order chi connectivity index (χ1) is 8.04. The van der Waals surface area contributed by atoms with Gasteiger partial charge in [-0.1, -0.05) is 13.0 Å². The van der Waals surface area contributed by atoms with Gasteiger partial charge in [-0.05, 0) is 24.6 Å². The van der Waals surface area contributed by atoms with E-state index in [0.717, 1.165) is 0 Å². The number of amides is 1. The van der Waals surface area contributed by atoms with Crippen LogP contribution in [-0.2, 0) is 4.79 Å². The first-order valence-corrected chi connectivity index (χ1v) is 5.41. The van der Waals surface area contributed by atoms with Crippen LogP contribution < -0.4 is 11.1 Å². The Morgan fingerprint density at radius 2 is 2.18 bits per heavy atom. The van der Waals surface area contributed by atoms with Gasteiger partial charge in [0.25, 0.3) is 5.91 Å². The summed E-state index contributed by atoms with van der Waals surface area (Å²) in [6.07, 6.45) is 0.479. The van der Waals surface area contributed by atoms with Gasteiger partial charge in [-0.25, -0.2) is 0 Å². The van der Waals surface area contributed by atoms with Crippen molar-refractivity contribution < 1.29 is 14.7 Å². The number of carboxylic acid groups (broad SMARTS) is 1. The minimum Gasteiger partial charge on any atom is -0.481 e. The maximum Gasteiger partial charge on any atom is 0.308 e. The molecule has 0 heterocycles. The average Bonchev–Trinajstić information content (AvgIpc) is 2.29. The smallest absolute Gasteiger partial charge is 0.308 e. The number of anilines is 1. The van der Waals surface area contributed by atoms with Crippen molar-refractivity contribution >= 4 is 17.6 Å². The van der Waals surface area contributed by atoms with Crippen LogP contribution in [-0.4, -0.2) is 23.5 Å². The van der Waals surface area contributed by atoms with Crippen LogP contribution in [0.15, 0.2) is 24.3 Å². The average molecular weight is 236 g/mol. The van der Waals surface area contributed by atoms with Crippen molar-refractivity contribution in [1.82, 2.24) is 5.32 Å². The van der Waals surface area contributed by atoms with Gasteiger partial charge in [-0.15, -0.1) is 0 Å². The molecule has 1 aromatic rings. The summed E-state index contributed by atoms with van der Waals surface area (Å²) in [7, 11) is 0. The summed E-state index contributed by atoms with van der Waals surface area (Å²) >= 11 is 0. The van der Waals surface area contributed by atoms with Gasteiger partial charge >= 0.3 is 5.97 Å². The Kier molecular flexibility index (Phi) is 4.51. The number of rotatable bonds is 5. The van der Waals surface area contributed by atoms with Crippen molar-refractivity contribution in [2.24, 2.45) is 5.92 Å². The minimum atomic E-state index is -0.902. The quantitative estimate of drug-likeness (QED) is 0.668. The molecule has 5 heteroatoms. The minimum absolute atomic E-state index is 0.124. The Balaban J connectivity index is 2.58. The van der Waals surface area contributed by atoms with E-state index < -0.39 is 11.9 Å². The molecule has 0 saturated carbocycles. The molecular formula is C12H16N2O3. The van der Waals surface area contributed by atoms with Crippen LogP contribution >= 0.6 is 0 Å². The molecule has 5 nitrogen and oxygen atoms in total. The second-order valence-corrected chi connectivity index (χ2v) is 3.78. The third-order valence-electron chi connectivity index (χ3n) is 2.50. The molecule has 17 heavy (non-hydrogen) atoms. The molecule has 0 fully saturated rings. The Morgan fingerprint density at radius 1 is 1.47 bits per heavy atom. The summed E-state index contributed by atoms with van der Waals surface area (Å²) in [6.45, 7) is 1.89. The van der Waals surface area contributed by atoms with Gasteiger partial charge < -0.3 is 16.2 Å². The van der Waals surface area contributed by atoms with E-state index in [2.05, 4.69) is 5.32 Å². The van der Waals surface area contributed by atoms with Gasteiger partial charge in [0.2, 0.25) is 0 Å². The van der Waals surface area contributed by atoms with Crippen molar-refractivity contribution in [3.63, 3.8) is 0 Å². The number of carboxylic acids is 1.